The van der Waals surface area contributed by atoms with Crippen LogP contribution >= 0.6 is 0 Å². The normalized spacial score (nSPS) is 12.9. The third kappa shape index (κ3) is 7.21. The Hall–Kier alpha value is -2.44. The van der Waals surface area contributed by atoms with Crippen molar-refractivity contribution in [3.8, 4) is 11.5 Å². The molecule has 0 aliphatic heterocycles. The molecule has 0 saturated heterocycles. The van der Waals surface area contributed by atoms with Crippen molar-refractivity contribution in [1.82, 2.24) is 16.0 Å². The quantitative estimate of drug-likeness (QED) is 0.460. The zero-order valence-electron chi connectivity index (χ0n) is 16.7. The minimum atomic E-state index is -0.531. The predicted octanol–water partition coefficient (Wildman–Crippen LogP) is 1.79. The number of nitrogens with one attached hydrogen (secondary N) is 3. The highest BCUT2D eigenvalue weighted by Crippen LogP contribution is 2.19. The van der Waals surface area contributed by atoms with Gasteiger partial charge in [0.25, 0.3) is 0 Å². The highest BCUT2D eigenvalue weighted by molar-refractivity contribution is 5.84. The number of carbonyl (C=O) groups excluding carboxylic acids is 1. The van der Waals surface area contributed by atoms with E-state index in [9.17, 15) is 4.79 Å². The summed E-state index contributed by atoms with van der Waals surface area (Å²) in [4.78, 5) is 16.2. The van der Waals surface area contributed by atoms with Crippen molar-refractivity contribution in [2.75, 3.05) is 33.8 Å². The van der Waals surface area contributed by atoms with Crippen LogP contribution in [0.15, 0.2) is 29.3 Å². The summed E-state index contributed by atoms with van der Waals surface area (Å²) in [5, 5.41) is 9.25. The van der Waals surface area contributed by atoms with Crippen LogP contribution in [0.25, 0.3) is 0 Å². The van der Waals surface area contributed by atoms with E-state index < -0.39 is 5.41 Å². The second-order valence-corrected chi connectivity index (χ2v) is 6.66. The molecule has 1 amide bonds. The van der Waals surface area contributed by atoms with E-state index >= 15 is 0 Å². The third-order valence-corrected chi connectivity index (χ3v) is 3.81. The Morgan fingerprint density at radius 2 is 1.92 bits per heavy atom. The minimum Gasteiger partial charge on any atom is -0.497 e. The summed E-state index contributed by atoms with van der Waals surface area (Å²) in [5.41, 5.74) is -0.531. The Balaban J connectivity index is 2.47. The van der Waals surface area contributed by atoms with Gasteiger partial charge in [-0.15, -0.1) is 0 Å². The van der Waals surface area contributed by atoms with Crippen LogP contribution in [-0.4, -0.2) is 51.8 Å². The number of guanidine groups is 1. The highest BCUT2D eigenvalue weighted by atomic mass is 16.5. The molecule has 1 rings (SSSR count). The number of rotatable bonds is 9. The first kappa shape index (κ1) is 21.6. The lowest BCUT2D eigenvalue weighted by Crippen LogP contribution is -2.49. The second-order valence-electron chi connectivity index (χ2n) is 6.66. The molecule has 0 aromatic heterocycles. The lowest BCUT2D eigenvalue weighted by atomic mass is 9.92. The molecular formula is C19H32N4O3. The van der Waals surface area contributed by atoms with Gasteiger partial charge < -0.3 is 25.4 Å². The molecule has 0 aliphatic rings. The molecule has 146 valence electrons. The average Bonchev–Trinajstić information content (AvgIpc) is 2.62. The molecule has 1 aromatic carbocycles. The van der Waals surface area contributed by atoms with Gasteiger partial charge in [0.05, 0.1) is 19.1 Å². The van der Waals surface area contributed by atoms with Crippen molar-refractivity contribution in [3.63, 3.8) is 0 Å². The van der Waals surface area contributed by atoms with E-state index in [0.29, 0.717) is 25.6 Å². The molecule has 0 fully saturated rings. The number of aliphatic imine (C=N–C) groups is 1. The first-order chi connectivity index (χ1) is 12.3. The van der Waals surface area contributed by atoms with Crippen LogP contribution in [0.2, 0.25) is 0 Å². The Bertz CT molecular complexity index is 602. The third-order valence-electron chi connectivity index (χ3n) is 3.81. The van der Waals surface area contributed by atoms with Crippen LogP contribution in [-0.2, 0) is 4.79 Å². The van der Waals surface area contributed by atoms with Gasteiger partial charge in [-0.1, -0.05) is 6.07 Å². The summed E-state index contributed by atoms with van der Waals surface area (Å²) >= 11 is 0. The van der Waals surface area contributed by atoms with Crippen LogP contribution in [0, 0.1) is 5.41 Å². The summed E-state index contributed by atoms with van der Waals surface area (Å²) in [6.45, 7) is 9.33. The SMILES string of the molecule is CCNC(=O)C(C)(C)CNC(=NC)NCC(C)Oc1cccc(OC)c1. The number of ether oxygens (including phenoxy) is 2. The number of hydrogen-bond donors (Lipinski definition) is 3. The monoisotopic (exact) mass is 364 g/mol. The van der Waals surface area contributed by atoms with Gasteiger partial charge in [0.2, 0.25) is 5.91 Å². The number of hydrogen-bond acceptors (Lipinski definition) is 4. The summed E-state index contributed by atoms with van der Waals surface area (Å²) in [5.74, 6) is 2.15. The molecule has 1 aromatic rings. The minimum absolute atomic E-state index is 0.0117. The average molecular weight is 364 g/mol. The van der Waals surface area contributed by atoms with E-state index in [4.69, 9.17) is 9.47 Å². The van der Waals surface area contributed by atoms with Gasteiger partial charge in [-0.05, 0) is 39.8 Å². The van der Waals surface area contributed by atoms with Crippen LogP contribution in [0.5, 0.6) is 11.5 Å². The van der Waals surface area contributed by atoms with Gasteiger partial charge in [-0.2, -0.15) is 0 Å². The van der Waals surface area contributed by atoms with Crippen molar-refractivity contribution < 1.29 is 14.3 Å². The molecule has 0 aliphatic carbocycles. The Morgan fingerprint density at radius 1 is 1.23 bits per heavy atom. The molecule has 1 atom stereocenters. The molecule has 7 heteroatoms. The molecule has 0 saturated carbocycles. The van der Waals surface area contributed by atoms with E-state index in [1.165, 1.54) is 0 Å². The molecule has 1 unspecified atom stereocenters. The van der Waals surface area contributed by atoms with Gasteiger partial charge in [-0.3, -0.25) is 9.79 Å². The van der Waals surface area contributed by atoms with Crippen molar-refractivity contribution in [1.29, 1.82) is 0 Å². The maximum absolute atomic E-state index is 12.0. The van der Waals surface area contributed by atoms with E-state index in [-0.39, 0.29) is 12.0 Å². The van der Waals surface area contributed by atoms with Crippen molar-refractivity contribution in [3.05, 3.63) is 24.3 Å². The zero-order chi connectivity index (χ0) is 19.6. The molecule has 3 N–H and O–H groups in total. The van der Waals surface area contributed by atoms with E-state index in [2.05, 4.69) is 20.9 Å². The van der Waals surface area contributed by atoms with Crippen LogP contribution in [0.4, 0.5) is 0 Å². The van der Waals surface area contributed by atoms with Crippen molar-refractivity contribution >= 4 is 11.9 Å². The number of nitrogens with zero attached hydrogens (tertiary/aromatic N) is 1. The van der Waals surface area contributed by atoms with Crippen LogP contribution in [0.3, 0.4) is 0 Å². The molecule has 26 heavy (non-hydrogen) atoms. The molecule has 0 radical (unpaired) electrons. The number of methoxy groups -OCH3 is 1. The standard InChI is InChI=1S/C19H32N4O3/c1-7-21-17(24)19(3,4)13-23-18(20-5)22-12-14(2)26-16-10-8-9-15(11-16)25-6/h8-11,14H,7,12-13H2,1-6H3,(H,21,24)(H2,20,22,23). The first-order valence-corrected chi connectivity index (χ1v) is 8.86. The van der Waals surface area contributed by atoms with Crippen molar-refractivity contribution in [2.45, 2.75) is 33.8 Å². The van der Waals surface area contributed by atoms with Crippen molar-refractivity contribution in [2.24, 2.45) is 10.4 Å². The van der Waals surface area contributed by atoms with Gasteiger partial charge in [0.15, 0.2) is 5.96 Å². The lowest BCUT2D eigenvalue weighted by molar-refractivity contribution is -0.128. The fraction of sp³-hybridized carbons (Fsp3) is 0.579. The van der Waals surface area contributed by atoms with Crippen LogP contribution in [0.1, 0.15) is 27.7 Å². The van der Waals surface area contributed by atoms with Gasteiger partial charge >= 0.3 is 0 Å². The molecule has 0 heterocycles. The summed E-state index contributed by atoms with van der Waals surface area (Å²) in [6, 6.07) is 7.50. The number of carbonyl (C=O) groups is 1. The highest BCUT2D eigenvalue weighted by Gasteiger charge is 2.27. The summed E-state index contributed by atoms with van der Waals surface area (Å²) in [7, 11) is 3.32. The topological polar surface area (TPSA) is 84.0 Å². The summed E-state index contributed by atoms with van der Waals surface area (Å²) < 4.78 is 11.1. The first-order valence-electron chi connectivity index (χ1n) is 8.86. The zero-order valence-corrected chi connectivity index (χ0v) is 16.7. The van der Waals surface area contributed by atoms with Crippen LogP contribution < -0.4 is 25.4 Å². The number of amides is 1. The smallest absolute Gasteiger partial charge is 0.227 e. The van der Waals surface area contributed by atoms with E-state index in [1.54, 1.807) is 14.2 Å². The van der Waals surface area contributed by atoms with E-state index in [1.807, 2.05) is 52.0 Å². The number of benzene rings is 1. The lowest BCUT2D eigenvalue weighted by Gasteiger charge is -2.25. The fourth-order valence-electron chi connectivity index (χ4n) is 2.19. The fourth-order valence-corrected chi connectivity index (χ4v) is 2.19. The molecular weight excluding hydrogens is 332 g/mol. The maximum Gasteiger partial charge on any atom is 0.227 e. The Kier molecular flexibility index (Phi) is 8.75. The predicted molar refractivity (Wildman–Crippen MR) is 105 cm³/mol. The molecule has 0 spiro atoms. The molecule has 0 bridgehead atoms. The molecule has 7 nitrogen and oxygen atoms in total. The Labute approximate surface area is 156 Å². The van der Waals surface area contributed by atoms with Gasteiger partial charge in [-0.25, -0.2) is 0 Å². The van der Waals surface area contributed by atoms with Gasteiger partial charge in [0, 0.05) is 26.2 Å². The van der Waals surface area contributed by atoms with Gasteiger partial charge in [0.1, 0.15) is 17.6 Å². The summed E-state index contributed by atoms with van der Waals surface area (Å²) in [6.07, 6.45) is -0.0722. The second kappa shape index (κ2) is 10.5. The maximum atomic E-state index is 12.0. The largest absolute Gasteiger partial charge is 0.497 e. The Morgan fingerprint density at radius 3 is 2.54 bits per heavy atom. The van der Waals surface area contributed by atoms with E-state index in [0.717, 1.165) is 11.5 Å².